The first kappa shape index (κ1) is 18.1. The van der Waals surface area contributed by atoms with Crippen molar-refractivity contribution >= 4 is 11.6 Å². The molecular formula is C23H28N2O2. The number of para-hydroxylation sites is 1. The molecule has 2 aliphatic rings. The first-order valence-electron chi connectivity index (χ1n) is 10.0. The Morgan fingerprint density at radius 1 is 1.00 bits per heavy atom. The van der Waals surface area contributed by atoms with E-state index in [0.29, 0.717) is 5.92 Å². The predicted octanol–water partition coefficient (Wildman–Crippen LogP) is 3.85. The highest BCUT2D eigenvalue weighted by atomic mass is 16.5. The van der Waals surface area contributed by atoms with Crippen molar-refractivity contribution in [2.75, 3.05) is 44.3 Å². The van der Waals surface area contributed by atoms with E-state index in [-0.39, 0.29) is 5.91 Å². The fourth-order valence-corrected chi connectivity index (χ4v) is 4.37. The van der Waals surface area contributed by atoms with Crippen molar-refractivity contribution in [1.29, 1.82) is 0 Å². The van der Waals surface area contributed by atoms with Gasteiger partial charge < -0.3 is 14.5 Å². The minimum absolute atomic E-state index is 0.162. The molecule has 2 aromatic carbocycles. The summed E-state index contributed by atoms with van der Waals surface area (Å²) in [5, 5.41) is 0. The number of nitrogens with zero attached hydrogens (tertiary/aromatic N) is 2. The van der Waals surface area contributed by atoms with Crippen LogP contribution in [0.5, 0.6) is 0 Å². The van der Waals surface area contributed by atoms with Crippen LogP contribution in [0, 0.1) is 6.92 Å². The molecule has 0 aromatic heterocycles. The molecule has 142 valence electrons. The second kappa shape index (κ2) is 8.13. The number of anilines is 1. The van der Waals surface area contributed by atoms with Crippen LogP contribution in [0.4, 0.5) is 5.69 Å². The Labute approximate surface area is 161 Å². The molecule has 4 heteroatoms. The number of amides is 1. The summed E-state index contributed by atoms with van der Waals surface area (Å²) in [6.07, 6.45) is 2.21. The van der Waals surface area contributed by atoms with Gasteiger partial charge in [-0.05, 0) is 43.0 Å². The molecule has 2 aliphatic heterocycles. The summed E-state index contributed by atoms with van der Waals surface area (Å²) in [6.45, 7) is 6.96. The Kier molecular flexibility index (Phi) is 5.44. The summed E-state index contributed by atoms with van der Waals surface area (Å²) in [5.41, 5.74) is 4.58. The molecular weight excluding hydrogens is 336 g/mol. The van der Waals surface area contributed by atoms with Crippen molar-refractivity contribution in [3.05, 3.63) is 65.2 Å². The number of benzene rings is 2. The molecule has 1 amide bonds. The van der Waals surface area contributed by atoms with Gasteiger partial charge in [0.1, 0.15) is 0 Å². The molecule has 1 atom stereocenters. The third-order valence-corrected chi connectivity index (χ3v) is 5.82. The van der Waals surface area contributed by atoms with Crippen LogP contribution >= 0.6 is 0 Å². The third-order valence-electron chi connectivity index (χ3n) is 5.82. The number of ether oxygens (including phenoxy) is 1. The number of carbonyl (C=O) groups is 1. The number of likely N-dealkylation sites (tertiary alicyclic amines) is 1. The largest absolute Gasteiger partial charge is 0.378 e. The zero-order chi connectivity index (χ0) is 18.6. The summed E-state index contributed by atoms with van der Waals surface area (Å²) >= 11 is 0. The van der Waals surface area contributed by atoms with Gasteiger partial charge in [0, 0.05) is 37.8 Å². The van der Waals surface area contributed by atoms with Gasteiger partial charge >= 0.3 is 0 Å². The van der Waals surface area contributed by atoms with Crippen molar-refractivity contribution in [2.24, 2.45) is 0 Å². The molecule has 2 fully saturated rings. The molecule has 4 rings (SSSR count). The van der Waals surface area contributed by atoms with Gasteiger partial charge in [0.15, 0.2) is 0 Å². The van der Waals surface area contributed by atoms with Crippen LogP contribution in [0.25, 0.3) is 0 Å². The average molecular weight is 364 g/mol. The van der Waals surface area contributed by atoms with Crippen LogP contribution in [0.1, 0.15) is 40.2 Å². The lowest BCUT2D eigenvalue weighted by Gasteiger charge is -2.35. The zero-order valence-corrected chi connectivity index (χ0v) is 16.1. The van der Waals surface area contributed by atoms with E-state index in [1.807, 2.05) is 18.2 Å². The van der Waals surface area contributed by atoms with Gasteiger partial charge in [-0.3, -0.25) is 4.79 Å². The first-order valence-corrected chi connectivity index (χ1v) is 10.0. The van der Waals surface area contributed by atoms with Crippen LogP contribution in [0.3, 0.4) is 0 Å². The fourth-order valence-electron chi connectivity index (χ4n) is 4.37. The van der Waals surface area contributed by atoms with E-state index in [1.165, 1.54) is 11.1 Å². The van der Waals surface area contributed by atoms with Gasteiger partial charge in [-0.1, -0.05) is 36.4 Å². The first-order chi connectivity index (χ1) is 13.2. The van der Waals surface area contributed by atoms with E-state index in [2.05, 4.69) is 47.1 Å². The minimum atomic E-state index is 0.162. The van der Waals surface area contributed by atoms with Gasteiger partial charge in [0.05, 0.1) is 18.8 Å². The van der Waals surface area contributed by atoms with Crippen molar-refractivity contribution in [3.63, 3.8) is 0 Å². The normalized spacial score (nSPS) is 20.6. The molecule has 0 saturated carbocycles. The molecule has 2 aromatic rings. The van der Waals surface area contributed by atoms with Crippen LogP contribution in [0.2, 0.25) is 0 Å². The number of hydrogen-bond donors (Lipinski definition) is 0. The molecule has 2 heterocycles. The standard InChI is InChI=1S/C23H28N2O2/c1-18-7-2-3-9-20(18)19-8-6-12-25(17-19)23(26)21-10-4-5-11-22(21)24-13-15-27-16-14-24/h2-5,7,9-11,19H,6,8,12-17H2,1H3/t19-/m1/s1. The molecule has 27 heavy (non-hydrogen) atoms. The van der Waals surface area contributed by atoms with E-state index in [4.69, 9.17) is 4.74 Å². The summed E-state index contributed by atoms with van der Waals surface area (Å²) in [7, 11) is 0. The Balaban J connectivity index is 1.55. The van der Waals surface area contributed by atoms with E-state index in [9.17, 15) is 4.79 Å². The molecule has 2 saturated heterocycles. The molecule has 0 unspecified atom stereocenters. The maximum absolute atomic E-state index is 13.4. The summed E-state index contributed by atoms with van der Waals surface area (Å²) in [4.78, 5) is 17.7. The Morgan fingerprint density at radius 2 is 1.74 bits per heavy atom. The lowest BCUT2D eigenvalue weighted by Crippen LogP contribution is -2.41. The average Bonchev–Trinajstić information content (AvgIpc) is 2.74. The van der Waals surface area contributed by atoms with Crippen molar-refractivity contribution < 1.29 is 9.53 Å². The van der Waals surface area contributed by atoms with Crippen molar-refractivity contribution in [2.45, 2.75) is 25.7 Å². The molecule has 0 bridgehead atoms. The molecule has 0 spiro atoms. The van der Waals surface area contributed by atoms with E-state index in [1.54, 1.807) is 0 Å². The van der Waals surface area contributed by atoms with Crippen LogP contribution in [-0.4, -0.2) is 50.2 Å². The number of aryl methyl sites for hydroxylation is 1. The second-order valence-electron chi connectivity index (χ2n) is 7.56. The third kappa shape index (κ3) is 3.86. The summed E-state index contributed by atoms with van der Waals surface area (Å²) in [6, 6.07) is 16.6. The molecule has 0 radical (unpaired) electrons. The number of morpholine rings is 1. The van der Waals surface area contributed by atoms with Gasteiger partial charge in [-0.15, -0.1) is 0 Å². The van der Waals surface area contributed by atoms with Gasteiger partial charge in [0.2, 0.25) is 0 Å². The van der Waals surface area contributed by atoms with Gasteiger partial charge in [-0.2, -0.15) is 0 Å². The minimum Gasteiger partial charge on any atom is -0.378 e. The van der Waals surface area contributed by atoms with Crippen LogP contribution in [-0.2, 0) is 4.74 Å². The van der Waals surface area contributed by atoms with Crippen LogP contribution < -0.4 is 4.90 Å². The molecule has 0 aliphatic carbocycles. The monoisotopic (exact) mass is 364 g/mol. The SMILES string of the molecule is Cc1ccccc1[C@@H]1CCCN(C(=O)c2ccccc2N2CCOCC2)C1. The Bertz CT molecular complexity index is 798. The van der Waals surface area contributed by atoms with E-state index < -0.39 is 0 Å². The van der Waals surface area contributed by atoms with Crippen LogP contribution in [0.15, 0.2) is 48.5 Å². The number of hydrogen-bond acceptors (Lipinski definition) is 3. The number of piperidine rings is 1. The fraction of sp³-hybridized carbons (Fsp3) is 0.435. The predicted molar refractivity (Wildman–Crippen MR) is 109 cm³/mol. The number of carbonyl (C=O) groups excluding carboxylic acids is 1. The Hall–Kier alpha value is -2.33. The van der Waals surface area contributed by atoms with Crippen molar-refractivity contribution in [3.8, 4) is 0 Å². The lowest BCUT2D eigenvalue weighted by atomic mass is 9.87. The summed E-state index contributed by atoms with van der Waals surface area (Å²) in [5.74, 6) is 0.592. The zero-order valence-electron chi connectivity index (χ0n) is 16.1. The highest BCUT2D eigenvalue weighted by Crippen LogP contribution is 2.31. The Morgan fingerprint density at radius 3 is 2.56 bits per heavy atom. The van der Waals surface area contributed by atoms with E-state index in [0.717, 1.165) is 63.5 Å². The van der Waals surface area contributed by atoms with Crippen molar-refractivity contribution in [1.82, 2.24) is 4.90 Å². The summed E-state index contributed by atoms with van der Waals surface area (Å²) < 4.78 is 5.48. The highest BCUT2D eigenvalue weighted by Gasteiger charge is 2.28. The molecule has 0 N–H and O–H groups in total. The topological polar surface area (TPSA) is 32.8 Å². The maximum Gasteiger partial charge on any atom is 0.255 e. The molecule has 4 nitrogen and oxygen atoms in total. The van der Waals surface area contributed by atoms with E-state index >= 15 is 0 Å². The van der Waals surface area contributed by atoms with Gasteiger partial charge in [0.25, 0.3) is 5.91 Å². The second-order valence-corrected chi connectivity index (χ2v) is 7.56. The quantitative estimate of drug-likeness (QED) is 0.829. The highest BCUT2D eigenvalue weighted by molar-refractivity contribution is 6.00. The van der Waals surface area contributed by atoms with Gasteiger partial charge in [-0.25, -0.2) is 0 Å². The smallest absolute Gasteiger partial charge is 0.255 e. The maximum atomic E-state index is 13.4. The lowest BCUT2D eigenvalue weighted by molar-refractivity contribution is 0.0706. The number of rotatable bonds is 3.